The molecule has 104 valence electrons. The zero-order chi connectivity index (χ0) is 14.1. The number of nitrogens with one attached hydrogen (secondary N) is 2. The molecule has 3 heterocycles. The molecule has 0 spiro atoms. The summed E-state index contributed by atoms with van der Waals surface area (Å²) in [5.41, 5.74) is 2.83. The van der Waals surface area contributed by atoms with Gasteiger partial charge in [0.1, 0.15) is 5.52 Å². The summed E-state index contributed by atoms with van der Waals surface area (Å²) in [6, 6.07) is 2.04. The smallest absolute Gasteiger partial charge is 0.304 e. The number of hydrogen-bond donors (Lipinski definition) is 2. The van der Waals surface area contributed by atoms with E-state index in [1.165, 1.54) is 0 Å². The molecule has 0 atom stereocenters. The van der Waals surface area contributed by atoms with Crippen molar-refractivity contribution in [2.45, 2.75) is 26.3 Å². The molecule has 0 aliphatic carbocycles. The fourth-order valence-corrected chi connectivity index (χ4v) is 2.52. The monoisotopic (exact) mass is 289 g/mol. The van der Waals surface area contributed by atoms with Gasteiger partial charge in [-0.15, -0.1) is 0 Å². The molecule has 0 aliphatic rings. The van der Waals surface area contributed by atoms with Crippen LogP contribution in [0.2, 0.25) is 0 Å². The first-order chi connectivity index (χ1) is 9.63. The number of nitrogens with zero attached hydrogens (tertiary/aromatic N) is 3. The van der Waals surface area contributed by atoms with Crippen molar-refractivity contribution in [3.8, 4) is 0 Å². The molecule has 2 N–H and O–H groups in total. The van der Waals surface area contributed by atoms with Crippen LogP contribution in [0.3, 0.4) is 0 Å². The average molecular weight is 289 g/mol. The summed E-state index contributed by atoms with van der Waals surface area (Å²) in [5.74, 6) is 1.13. The number of aromatic nitrogens is 4. The van der Waals surface area contributed by atoms with Gasteiger partial charge in [0, 0.05) is 23.5 Å². The molecule has 7 heteroatoms. The molecular formula is C13H15N5OS. The molecule has 0 fully saturated rings. The number of anilines is 1. The van der Waals surface area contributed by atoms with Gasteiger partial charge in [0.25, 0.3) is 0 Å². The van der Waals surface area contributed by atoms with Gasteiger partial charge in [0.2, 0.25) is 0 Å². The second-order valence-electron chi connectivity index (χ2n) is 4.86. The molecule has 0 aromatic carbocycles. The van der Waals surface area contributed by atoms with Gasteiger partial charge in [0.05, 0.1) is 12.2 Å². The largest absolute Gasteiger partial charge is 0.363 e. The van der Waals surface area contributed by atoms with E-state index in [2.05, 4.69) is 34.2 Å². The van der Waals surface area contributed by atoms with E-state index in [0.29, 0.717) is 12.5 Å². The molecule has 0 bridgehead atoms. The Balaban J connectivity index is 1.89. The summed E-state index contributed by atoms with van der Waals surface area (Å²) in [4.78, 5) is 18.2. The number of H-pyrrole nitrogens is 1. The van der Waals surface area contributed by atoms with E-state index in [0.717, 1.165) is 34.1 Å². The minimum absolute atomic E-state index is 0.0422. The van der Waals surface area contributed by atoms with Crippen molar-refractivity contribution >= 4 is 22.7 Å². The van der Waals surface area contributed by atoms with Crippen LogP contribution >= 0.6 is 11.3 Å². The van der Waals surface area contributed by atoms with Gasteiger partial charge in [-0.3, -0.25) is 4.79 Å². The van der Waals surface area contributed by atoms with Gasteiger partial charge in [-0.25, -0.2) is 9.50 Å². The molecule has 20 heavy (non-hydrogen) atoms. The third kappa shape index (κ3) is 2.44. The highest BCUT2D eigenvalue weighted by Crippen LogP contribution is 2.20. The summed E-state index contributed by atoms with van der Waals surface area (Å²) in [7, 11) is 0. The maximum absolute atomic E-state index is 11.1. The van der Waals surface area contributed by atoms with E-state index < -0.39 is 0 Å². The van der Waals surface area contributed by atoms with E-state index in [9.17, 15) is 4.79 Å². The molecule has 3 rings (SSSR count). The predicted molar refractivity (Wildman–Crippen MR) is 79.3 cm³/mol. The Kier molecular flexibility index (Phi) is 3.27. The van der Waals surface area contributed by atoms with E-state index >= 15 is 0 Å². The van der Waals surface area contributed by atoms with Crippen molar-refractivity contribution in [3.05, 3.63) is 44.9 Å². The first-order valence-electron chi connectivity index (χ1n) is 6.38. The second-order valence-corrected chi connectivity index (χ2v) is 5.70. The standard InChI is InChI=1S/C13H15N5OS/c1-8(2)10-5-11-12(14-3-4-18(11)17-10)15-6-9-7-20-13(19)16-9/h3-5,7-8H,6H2,1-2H3,(H,14,15)(H,16,19). The normalized spacial score (nSPS) is 11.3. The van der Waals surface area contributed by atoms with Crippen LogP contribution in [-0.2, 0) is 6.54 Å². The molecular weight excluding hydrogens is 274 g/mol. The van der Waals surface area contributed by atoms with Gasteiger partial charge in [-0.1, -0.05) is 25.2 Å². The molecule has 0 radical (unpaired) electrons. The Bertz CT molecular complexity index is 785. The minimum atomic E-state index is -0.0422. The number of thiazole rings is 1. The third-order valence-corrected chi connectivity index (χ3v) is 3.74. The van der Waals surface area contributed by atoms with Gasteiger partial charge in [-0.2, -0.15) is 5.10 Å². The van der Waals surface area contributed by atoms with Crippen LogP contribution < -0.4 is 10.2 Å². The lowest BCUT2D eigenvalue weighted by Gasteiger charge is -2.04. The summed E-state index contributed by atoms with van der Waals surface area (Å²) in [5, 5.41) is 9.56. The van der Waals surface area contributed by atoms with Crippen LogP contribution in [-0.4, -0.2) is 19.6 Å². The zero-order valence-corrected chi connectivity index (χ0v) is 12.1. The number of aromatic amines is 1. The molecule has 6 nitrogen and oxygen atoms in total. The fraction of sp³-hybridized carbons (Fsp3) is 0.308. The Morgan fingerprint density at radius 2 is 2.35 bits per heavy atom. The van der Waals surface area contributed by atoms with Crippen molar-refractivity contribution in [3.63, 3.8) is 0 Å². The highest BCUT2D eigenvalue weighted by molar-refractivity contribution is 7.07. The van der Waals surface area contributed by atoms with Crippen LogP contribution in [0.5, 0.6) is 0 Å². The second kappa shape index (κ2) is 5.09. The average Bonchev–Trinajstić information content (AvgIpc) is 3.02. The zero-order valence-electron chi connectivity index (χ0n) is 11.3. The van der Waals surface area contributed by atoms with Crippen LogP contribution in [0.25, 0.3) is 5.52 Å². The Hall–Kier alpha value is -2.15. The van der Waals surface area contributed by atoms with Crippen LogP contribution in [0.1, 0.15) is 31.2 Å². The van der Waals surface area contributed by atoms with E-state index in [1.54, 1.807) is 6.20 Å². The Labute approximate surface area is 119 Å². The lowest BCUT2D eigenvalue weighted by molar-refractivity contribution is 0.787. The number of fused-ring (bicyclic) bond motifs is 1. The summed E-state index contributed by atoms with van der Waals surface area (Å²) in [6.07, 6.45) is 3.54. The van der Waals surface area contributed by atoms with Gasteiger partial charge in [0.15, 0.2) is 5.82 Å². The molecule has 0 saturated carbocycles. The maximum Gasteiger partial charge on any atom is 0.304 e. The molecule has 0 amide bonds. The predicted octanol–water partition coefficient (Wildman–Crippen LogP) is 2.21. The number of hydrogen-bond acceptors (Lipinski definition) is 5. The Morgan fingerprint density at radius 1 is 1.50 bits per heavy atom. The molecule has 3 aromatic rings. The topological polar surface area (TPSA) is 75.1 Å². The van der Waals surface area contributed by atoms with Crippen molar-refractivity contribution in [2.75, 3.05) is 5.32 Å². The van der Waals surface area contributed by atoms with Crippen LogP contribution in [0.15, 0.2) is 28.6 Å². The number of rotatable bonds is 4. The fourth-order valence-electron chi connectivity index (χ4n) is 1.94. The highest BCUT2D eigenvalue weighted by atomic mass is 32.1. The summed E-state index contributed by atoms with van der Waals surface area (Å²) >= 11 is 1.16. The van der Waals surface area contributed by atoms with E-state index in [4.69, 9.17) is 0 Å². The molecule has 0 saturated heterocycles. The van der Waals surface area contributed by atoms with Crippen molar-refractivity contribution in [2.24, 2.45) is 0 Å². The summed E-state index contributed by atoms with van der Waals surface area (Å²) in [6.45, 7) is 4.75. The third-order valence-electron chi connectivity index (χ3n) is 3.02. The SMILES string of the molecule is CC(C)c1cc2c(NCc3csc(=O)[nH]3)nccn2n1. The van der Waals surface area contributed by atoms with Crippen molar-refractivity contribution < 1.29 is 0 Å². The molecule has 0 aliphatic heterocycles. The first kappa shape index (κ1) is 12.9. The highest BCUT2D eigenvalue weighted by Gasteiger charge is 2.09. The maximum atomic E-state index is 11.1. The lowest BCUT2D eigenvalue weighted by atomic mass is 10.1. The van der Waals surface area contributed by atoms with Crippen LogP contribution in [0, 0.1) is 0 Å². The van der Waals surface area contributed by atoms with Gasteiger partial charge < -0.3 is 10.3 Å². The van der Waals surface area contributed by atoms with Crippen molar-refractivity contribution in [1.82, 2.24) is 19.6 Å². The van der Waals surface area contributed by atoms with E-state index in [-0.39, 0.29) is 4.87 Å². The van der Waals surface area contributed by atoms with Crippen LogP contribution in [0.4, 0.5) is 5.82 Å². The quantitative estimate of drug-likeness (QED) is 0.772. The summed E-state index contributed by atoms with van der Waals surface area (Å²) < 4.78 is 1.82. The Morgan fingerprint density at radius 3 is 3.05 bits per heavy atom. The van der Waals surface area contributed by atoms with Crippen molar-refractivity contribution in [1.29, 1.82) is 0 Å². The van der Waals surface area contributed by atoms with E-state index in [1.807, 2.05) is 22.2 Å². The first-order valence-corrected chi connectivity index (χ1v) is 7.26. The lowest BCUT2D eigenvalue weighted by Crippen LogP contribution is -2.05. The van der Waals surface area contributed by atoms with Gasteiger partial charge in [-0.05, 0) is 12.0 Å². The molecule has 3 aromatic heterocycles. The van der Waals surface area contributed by atoms with Gasteiger partial charge >= 0.3 is 4.87 Å². The molecule has 0 unspecified atom stereocenters. The minimum Gasteiger partial charge on any atom is -0.363 e.